The maximum Gasteiger partial charge on any atom is 0.343 e. The Labute approximate surface area is 179 Å². The molecule has 3 rings (SSSR count). The molecule has 0 aromatic heterocycles. The van der Waals surface area contributed by atoms with Gasteiger partial charge in [-0.15, -0.1) is 0 Å². The monoisotopic (exact) mass is 452 g/mol. The van der Waals surface area contributed by atoms with E-state index in [1.807, 2.05) is 0 Å². The molecule has 1 aliphatic rings. The summed E-state index contributed by atoms with van der Waals surface area (Å²) in [5, 5.41) is 2.82. The van der Waals surface area contributed by atoms with Gasteiger partial charge in [0, 0.05) is 18.8 Å². The van der Waals surface area contributed by atoms with Crippen LogP contribution in [0, 0.1) is 0 Å². The Bertz CT molecular complexity index is 1030. The van der Waals surface area contributed by atoms with E-state index < -0.39 is 21.9 Å². The maximum atomic E-state index is 12.8. The van der Waals surface area contributed by atoms with Crippen LogP contribution in [-0.4, -0.2) is 51.4 Å². The lowest BCUT2D eigenvalue weighted by atomic mass is 10.2. The molecule has 2 aromatic carbocycles. The number of methoxy groups -OCH3 is 1. The van der Waals surface area contributed by atoms with Gasteiger partial charge >= 0.3 is 5.97 Å². The van der Waals surface area contributed by atoms with Crippen molar-refractivity contribution in [2.45, 2.75) is 17.7 Å². The largest absolute Gasteiger partial charge is 0.482 e. The van der Waals surface area contributed by atoms with Crippen LogP contribution >= 0.6 is 11.6 Å². The third kappa shape index (κ3) is 5.10. The van der Waals surface area contributed by atoms with Gasteiger partial charge in [-0.1, -0.05) is 11.6 Å². The quantitative estimate of drug-likeness (QED) is 0.648. The van der Waals surface area contributed by atoms with Crippen LogP contribution in [0.15, 0.2) is 47.4 Å². The summed E-state index contributed by atoms with van der Waals surface area (Å²) in [4.78, 5) is 23.8. The summed E-state index contributed by atoms with van der Waals surface area (Å²) in [6.07, 6.45) is 1.64. The van der Waals surface area contributed by atoms with Crippen molar-refractivity contribution < 1.29 is 27.5 Å². The van der Waals surface area contributed by atoms with Crippen LogP contribution in [0.2, 0.25) is 5.02 Å². The summed E-state index contributed by atoms with van der Waals surface area (Å²) >= 11 is 6.14. The van der Waals surface area contributed by atoms with Crippen molar-refractivity contribution in [1.29, 1.82) is 0 Å². The second kappa shape index (κ2) is 9.46. The van der Waals surface area contributed by atoms with Gasteiger partial charge in [0.15, 0.2) is 6.61 Å². The fraction of sp³-hybridized carbons (Fsp3) is 0.300. The third-order valence-electron chi connectivity index (χ3n) is 4.58. The third-order valence-corrected chi connectivity index (χ3v) is 6.81. The topological polar surface area (TPSA) is 102 Å². The highest BCUT2D eigenvalue weighted by atomic mass is 35.5. The van der Waals surface area contributed by atoms with Crippen molar-refractivity contribution in [3.8, 4) is 5.75 Å². The number of amides is 1. The summed E-state index contributed by atoms with van der Waals surface area (Å²) in [5.41, 5.74) is 0.511. The number of hydrogen-bond donors (Lipinski definition) is 1. The SMILES string of the molecule is COC(=O)COc1ccc(NC(=O)c2cc(S(=O)(=O)N3CCCC3)ccc2Cl)cc1. The van der Waals surface area contributed by atoms with Crippen LogP contribution in [0.25, 0.3) is 0 Å². The lowest BCUT2D eigenvalue weighted by Gasteiger charge is -2.16. The Morgan fingerprint density at radius 1 is 1.10 bits per heavy atom. The van der Waals surface area contributed by atoms with Crippen LogP contribution in [0.1, 0.15) is 23.2 Å². The second-order valence-corrected chi connectivity index (χ2v) is 8.94. The number of rotatable bonds is 7. The van der Waals surface area contributed by atoms with Gasteiger partial charge in [0.1, 0.15) is 5.75 Å². The molecule has 0 atom stereocenters. The molecule has 30 heavy (non-hydrogen) atoms. The zero-order valence-corrected chi connectivity index (χ0v) is 17.8. The molecule has 2 aromatic rings. The number of anilines is 1. The minimum atomic E-state index is -3.67. The molecule has 1 N–H and O–H groups in total. The number of nitrogens with one attached hydrogen (secondary N) is 1. The first-order valence-electron chi connectivity index (χ1n) is 9.22. The first-order valence-corrected chi connectivity index (χ1v) is 11.0. The number of carbonyl (C=O) groups excluding carboxylic acids is 2. The number of hydrogen-bond acceptors (Lipinski definition) is 6. The van der Waals surface area contributed by atoms with Crippen LogP contribution in [0.4, 0.5) is 5.69 Å². The highest BCUT2D eigenvalue weighted by Crippen LogP contribution is 2.26. The highest BCUT2D eigenvalue weighted by molar-refractivity contribution is 7.89. The molecular weight excluding hydrogens is 432 g/mol. The van der Waals surface area contributed by atoms with Gasteiger partial charge in [0.2, 0.25) is 10.0 Å². The van der Waals surface area contributed by atoms with E-state index in [2.05, 4.69) is 10.1 Å². The molecule has 10 heteroatoms. The van der Waals surface area contributed by atoms with Crippen LogP contribution < -0.4 is 10.1 Å². The van der Waals surface area contributed by atoms with Crippen LogP contribution in [-0.2, 0) is 19.6 Å². The molecule has 0 unspecified atom stereocenters. The van der Waals surface area contributed by atoms with Gasteiger partial charge in [-0.2, -0.15) is 4.31 Å². The molecule has 1 fully saturated rings. The summed E-state index contributed by atoms with van der Waals surface area (Å²) in [7, 11) is -2.40. The van der Waals surface area contributed by atoms with Crippen molar-refractivity contribution in [2.24, 2.45) is 0 Å². The summed E-state index contributed by atoms with van der Waals surface area (Å²) in [5.74, 6) is -0.623. The minimum absolute atomic E-state index is 0.0329. The summed E-state index contributed by atoms with van der Waals surface area (Å²) in [6, 6.07) is 10.4. The average Bonchev–Trinajstić information content (AvgIpc) is 3.29. The second-order valence-electron chi connectivity index (χ2n) is 6.60. The Morgan fingerprint density at radius 3 is 2.40 bits per heavy atom. The van der Waals surface area contributed by atoms with Crippen molar-refractivity contribution in [3.63, 3.8) is 0 Å². The van der Waals surface area contributed by atoms with E-state index in [0.29, 0.717) is 24.5 Å². The highest BCUT2D eigenvalue weighted by Gasteiger charge is 2.28. The van der Waals surface area contributed by atoms with E-state index in [9.17, 15) is 18.0 Å². The number of benzene rings is 2. The van der Waals surface area contributed by atoms with Crippen molar-refractivity contribution in [3.05, 3.63) is 53.1 Å². The van der Waals surface area contributed by atoms with E-state index in [4.69, 9.17) is 16.3 Å². The predicted molar refractivity (Wildman–Crippen MR) is 111 cm³/mol. The minimum Gasteiger partial charge on any atom is -0.482 e. The van der Waals surface area contributed by atoms with E-state index in [1.54, 1.807) is 24.3 Å². The molecule has 1 aliphatic heterocycles. The van der Waals surface area contributed by atoms with E-state index >= 15 is 0 Å². The molecule has 0 spiro atoms. The zero-order chi connectivity index (χ0) is 21.7. The lowest BCUT2D eigenvalue weighted by molar-refractivity contribution is -0.142. The molecule has 0 aliphatic carbocycles. The number of nitrogens with zero attached hydrogens (tertiary/aromatic N) is 1. The smallest absolute Gasteiger partial charge is 0.343 e. The number of carbonyl (C=O) groups is 2. The Balaban J connectivity index is 1.73. The summed E-state index contributed by atoms with van der Waals surface area (Å²) < 4.78 is 36.7. The number of esters is 1. The standard InChI is InChI=1S/C20H21ClN2O6S/c1-28-19(24)13-29-15-6-4-14(5-7-15)22-20(25)17-12-16(8-9-18(17)21)30(26,27)23-10-2-3-11-23/h4-9,12H,2-3,10-11,13H2,1H3,(H,22,25). The fourth-order valence-corrected chi connectivity index (χ4v) is 4.70. The van der Waals surface area contributed by atoms with Crippen LogP contribution in [0.5, 0.6) is 5.75 Å². The summed E-state index contributed by atoms with van der Waals surface area (Å²) in [6.45, 7) is 0.712. The van der Waals surface area contributed by atoms with Gasteiger partial charge in [-0.05, 0) is 55.3 Å². The first-order chi connectivity index (χ1) is 14.3. The van der Waals surface area contributed by atoms with Gasteiger partial charge in [0.05, 0.1) is 22.6 Å². The Morgan fingerprint density at radius 2 is 1.77 bits per heavy atom. The molecular formula is C20H21ClN2O6S. The molecule has 8 nitrogen and oxygen atoms in total. The fourth-order valence-electron chi connectivity index (χ4n) is 2.95. The molecule has 1 amide bonds. The normalized spacial score (nSPS) is 14.3. The predicted octanol–water partition coefficient (Wildman–Crippen LogP) is 2.93. The van der Waals surface area contributed by atoms with E-state index in [-0.39, 0.29) is 22.1 Å². The van der Waals surface area contributed by atoms with Gasteiger partial charge in [-0.3, -0.25) is 4.79 Å². The number of ether oxygens (including phenoxy) is 2. The van der Waals surface area contributed by atoms with E-state index in [1.165, 1.54) is 29.6 Å². The van der Waals surface area contributed by atoms with Gasteiger partial charge < -0.3 is 14.8 Å². The van der Waals surface area contributed by atoms with Crippen molar-refractivity contribution >= 4 is 39.2 Å². The van der Waals surface area contributed by atoms with Crippen LogP contribution in [0.3, 0.4) is 0 Å². The van der Waals surface area contributed by atoms with Gasteiger partial charge in [-0.25, -0.2) is 13.2 Å². The Hall–Kier alpha value is -2.62. The zero-order valence-electron chi connectivity index (χ0n) is 16.3. The first kappa shape index (κ1) is 22.1. The number of sulfonamides is 1. The molecule has 0 radical (unpaired) electrons. The van der Waals surface area contributed by atoms with Gasteiger partial charge in [0.25, 0.3) is 5.91 Å². The Kier molecular flexibility index (Phi) is 6.96. The van der Waals surface area contributed by atoms with Crippen molar-refractivity contribution in [2.75, 3.05) is 32.1 Å². The molecule has 1 saturated heterocycles. The average molecular weight is 453 g/mol. The lowest BCUT2D eigenvalue weighted by Crippen LogP contribution is -2.28. The van der Waals surface area contributed by atoms with Crippen molar-refractivity contribution in [1.82, 2.24) is 4.31 Å². The molecule has 0 saturated carbocycles. The molecule has 0 bridgehead atoms. The van der Waals surface area contributed by atoms with E-state index in [0.717, 1.165) is 12.8 Å². The number of halogens is 1. The maximum absolute atomic E-state index is 12.8. The molecule has 160 valence electrons. The molecule has 1 heterocycles.